The molecule has 2 rings (SSSR count). The Labute approximate surface area is 133 Å². The quantitative estimate of drug-likeness (QED) is 0.616. The number of anilines is 1. The number of guanidine groups is 1. The molecular weight excluding hydrogens is 270 g/mol. The number of benzene rings is 2. The molecule has 0 fully saturated rings. The third-order valence-electron chi connectivity index (χ3n) is 3.63. The number of hydrogen-bond acceptors (Lipinski definition) is 1. The number of nitrogens with two attached hydrogens (primary N) is 1. The minimum atomic E-state index is 0.411. The lowest BCUT2D eigenvalue weighted by Gasteiger charge is -2.14. The van der Waals surface area contributed by atoms with Crippen molar-refractivity contribution in [3.05, 3.63) is 59.7 Å². The summed E-state index contributed by atoms with van der Waals surface area (Å²) in [7, 11) is 0. The van der Waals surface area contributed by atoms with Crippen LogP contribution in [0, 0.1) is 0 Å². The van der Waals surface area contributed by atoms with Crippen molar-refractivity contribution in [2.45, 2.75) is 39.5 Å². The molecule has 0 aliphatic heterocycles. The zero-order chi connectivity index (χ0) is 16.1. The van der Waals surface area contributed by atoms with Gasteiger partial charge in [0.25, 0.3) is 0 Å². The molecule has 0 heterocycles. The lowest BCUT2D eigenvalue weighted by molar-refractivity contribution is 0.866. The molecule has 2 aromatic carbocycles. The van der Waals surface area contributed by atoms with Gasteiger partial charge in [-0.05, 0) is 41.2 Å². The third-order valence-corrected chi connectivity index (χ3v) is 3.63. The first-order valence-electron chi connectivity index (χ1n) is 7.77. The SMILES string of the molecule is CC(C)c1cccc(N=C(N)Nc2ccccc2C(C)C)c1. The van der Waals surface area contributed by atoms with E-state index in [1.165, 1.54) is 11.1 Å². The van der Waals surface area contributed by atoms with Crippen molar-refractivity contribution >= 4 is 17.3 Å². The van der Waals surface area contributed by atoms with Crippen molar-refractivity contribution in [3.8, 4) is 0 Å². The molecule has 0 aliphatic carbocycles. The van der Waals surface area contributed by atoms with Gasteiger partial charge in [0.2, 0.25) is 0 Å². The Bertz CT molecular complexity index is 657. The summed E-state index contributed by atoms with van der Waals surface area (Å²) in [5.74, 6) is 1.32. The van der Waals surface area contributed by atoms with Gasteiger partial charge in [0.15, 0.2) is 5.96 Å². The minimum absolute atomic E-state index is 0.411. The summed E-state index contributed by atoms with van der Waals surface area (Å²) in [6, 6.07) is 16.4. The number of nitrogens with one attached hydrogen (secondary N) is 1. The molecule has 0 unspecified atom stereocenters. The standard InChI is InChI=1S/C19H25N3/c1-13(2)15-8-7-9-16(12-15)21-19(20)22-18-11-6-5-10-17(18)14(3)4/h5-14H,1-4H3,(H3,20,21,22). The van der Waals surface area contributed by atoms with Crippen LogP contribution in [0.15, 0.2) is 53.5 Å². The summed E-state index contributed by atoms with van der Waals surface area (Å²) in [6.45, 7) is 8.67. The molecule has 0 atom stereocenters. The second kappa shape index (κ2) is 7.12. The molecule has 22 heavy (non-hydrogen) atoms. The van der Waals surface area contributed by atoms with Crippen molar-refractivity contribution in [2.75, 3.05) is 5.32 Å². The van der Waals surface area contributed by atoms with E-state index < -0.39 is 0 Å². The van der Waals surface area contributed by atoms with Gasteiger partial charge < -0.3 is 11.1 Å². The lowest BCUT2D eigenvalue weighted by Crippen LogP contribution is -2.22. The van der Waals surface area contributed by atoms with Crippen LogP contribution in [0.2, 0.25) is 0 Å². The maximum atomic E-state index is 6.07. The maximum Gasteiger partial charge on any atom is 0.198 e. The fraction of sp³-hybridized carbons (Fsp3) is 0.316. The van der Waals surface area contributed by atoms with E-state index in [1.54, 1.807) is 0 Å². The van der Waals surface area contributed by atoms with Gasteiger partial charge in [-0.2, -0.15) is 0 Å². The molecule has 3 heteroatoms. The van der Waals surface area contributed by atoms with Crippen LogP contribution in [0.4, 0.5) is 11.4 Å². The number of hydrogen-bond donors (Lipinski definition) is 2. The highest BCUT2D eigenvalue weighted by Gasteiger charge is 2.06. The fourth-order valence-electron chi connectivity index (χ4n) is 2.37. The topological polar surface area (TPSA) is 50.4 Å². The van der Waals surface area contributed by atoms with Crippen molar-refractivity contribution < 1.29 is 0 Å². The van der Waals surface area contributed by atoms with E-state index in [0.717, 1.165) is 11.4 Å². The summed E-state index contributed by atoms with van der Waals surface area (Å²) in [5.41, 5.74) is 10.5. The third kappa shape index (κ3) is 4.10. The first-order valence-corrected chi connectivity index (χ1v) is 7.77. The van der Waals surface area contributed by atoms with Gasteiger partial charge in [-0.3, -0.25) is 0 Å². The maximum absolute atomic E-state index is 6.07. The highest BCUT2D eigenvalue weighted by molar-refractivity contribution is 5.94. The summed E-state index contributed by atoms with van der Waals surface area (Å²) in [6.07, 6.45) is 0. The molecule has 0 radical (unpaired) electrons. The molecule has 0 saturated heterocycles. The van der Waals surface area contributed by atoms with Crippen molar-refractivity contribution in [1.29, 1.82) is 0 Å². The average molecular weight is 295 g/mol. The van der Waals surface area contributed by atoms with Crippen molar-refractivity contribution in [2.24, 2.45) is 10.7 Å². The van der Waals surface area contributed by atoms with Crippen molar-refractivity contribution in [3.63, 3.8) is 0 Å². The number of rotatable bonds is 4. The van der Waals surface area contributed by atoms with Gasteiger partial charge in [-0.25, -0.2) is 4.99 Å². The van der Waals surface area contributed by atoms with E-state index in [-0.39, 0.29) is 0 Å². The van der Waals surface area contributed by atoms with Gasteiger partial charge in [0, 0.05) is 5.69 Å². The molecule has 0 amide bonds. The Morgan fingerprint density at radius 3 is 2.36 bits per heavy atom. The minimum Gasteiger partial charge on any atom is -0.369 e. The molecule has 116 valence electrons. The van der Waals surface area contributed by atoms with Crippen LogP contribution in [0.25, 0.3) is 0 Å². The van der Waals surface area contributed by atoms with Crippen LogP contribution in [0.1, 0.15) is 50.7 Å². The van der Waals surface area contributed by atoms with E-state index in [2.05, 4.69) is 56.2 Å². The predicted octanol–water partition coefficient (Wildman–Crippen LogP) is 4.99. The van der Waals surface area contributed by atoms with E-state index in [1.807, 2.05) is 30.3 Å². The Morgan fingerprint density at radius 1 is 0.955 bits per heavy atom. The Kier molecular flexibility index (Phi) is 5.21. The zero-order valence-corrected chi connectivity index (χ0v) is 13.8. The van der Waals surface area contributed by atoms with Crippen LogP contribution in [-0.2, 0) is 0 Å². The number of nitrogens with zero attached hydrogens (tertiary/aromatic N) is 1. The van der Waals surface area contributed by atoms with Crippen LogP contribution in [0.3, 0.4) is 0 Å². The monoisotopic (exact) mass is 295 g/mol. The molecule has 0 aliphatic rings. The van der Waals surface area contributed by atoms with Gasteiger partial charge in [-0.1, -0.05) is 58.0 Å². The van der Waals surface area contributed by atoms with Gasteiger partial charge >= 0.3 is 0 Å². The average Bonchev–Trinajstić information content (AvgIpc) is 2.47. The predicted molar refractivity (Wildman–Crippen MR) is 96.0 cm³/mol. The highest BCUT2D eigenvalue weighted by atomic mass is 15.1. The van der Waals surface area contributed by atoms with E-state index in [0.29, 0.717) is 17.8 Å². The first-order chi connectivity index (χ1) is 10.5. The molecule has 3 nitrogen and oxygen atoms in total. The lowest BCUT2D eigenvalue weighted by atomic mass is 10.0. The molecule has 0 spiro atoms. The van der Waals surface area contributed by atoms with Gasteiger partial charge in [0.1, 0.15) is 0 Å². The summed E-state index contributed by atoms with van der Waals surface area (Å²) < 4.78 is 0. The van der Waals surface area contributed by atoms with Crippen LogP contribution in [0.5, 0.6) is 0 Å². The zero-order valence-electron chi connectivity index (χ0n) is 13.8. The second-order valence-electron chi connectivity index (χ2n) is 6.11. The fourth-order valence-corrected chi connectivity index (χ4v) is 2.37. The smallest absolute Gasteiger partial charge is 0.198 e. The van der Waals surface area contributed by atoms with Gasteiger partial charge in [-0.15, -0.1) is 0 Å². The Morgan fingerprint density at radius 2 is 1.68 bits per heavy atom. The van der Waals surface area contributed by atoms with Crippen molar-refractivity contribution in [1.82, 2.24) is 0 Å². The van der Waals surface area contributed by atoms with E-state index in [4.69, 9.17) is 5.73 Å². The van der Waals surface area contributed by atoms with Crippen LogP contribution < -0.4 is 11.1 Å². The molecule has 0 aromatic heterocycles. The molecule has 0 saturated carbocycles. The Hall–Kier alpha value is -2.29. The Balaban J connectivity index is 2.22. The summed E-state index contributed by atoms with van der Waals surface area (Å²) in [5, 5.41) is 3.22. The summed E-state index contributed by atoms with van der Waals surface area (Å²) >= 11 is 0. The van der Waals surface area contributed by atoms with E-state index >= 15 is 0 Å². The first kappa shape index (κ1) is 16.1. The van der Waals surface area contributed by atoms with Gasteiger partial charge in [0.05, 0.1) is 5.69 Å². The van der Waals surface area contributed by atoms with Crippen LogP contribution in [-0.4, -0.2) is 5.96 Å². The number of para-hydroxylation sites is 1. The molecular formula is C19H25N3. The molecule has 0 bridgehead atoms. The normalized spacial score (nSPS) is 12.0. The highest BCUT2D eigenvalue weighted by Crippen LogP contribution is 2.24. The second-order valence-corrected chi connectivity index (χ2v) is 6.11. The summed E-state index contributed by atoms with van der Waals surface area (Å²) in [4.78, 5) is 4.48. The van der Waals surface area contributed by atoms with Crippen LogP contribution >= 0.6 is 0 Å². The molecule has 3 N–H and O–H groups in total. The van der Waals surface area contributed by atoms with E-state index in [9.17, 15) is 0 Å². The number of aliphatic imine (C=N–C) groups is 1. The largest absolute Gasteiger partial charge is 0.369 e. The molecule has 2 aromatic rings.